The Morgan fingerprint density at radius 3 is 2.86 bits per heavy atom. The Bertz CT molecular complexity index is 812. The topological polar surface area (TPSA) is 76.4 Å². The second-order valence-electron chi connectivity index (χ2n) is 4.95. The average Bonchev–Trinajstić information content (AvgIpc) is 3.02. The molecule has 0 aliphatic rings. The lowest BCUT2D eigenvalue weighted by atomic mass is 10.1. The summed E-state index contributed by atoms with van der Waals surface area (Å²) < 4.78 is 2.16. The summed E-state index contributed by atoms with van der Waals surface area (Å²) in [6, 6.07) is 7.78. The average molecular weight is 300 g/mol. The molecular weight excluding hydrogens is 284 g/mol. The molecule has 5 nitrogen and oxygen atoms in total. The van der Waals surface area contributed by atoms with E-state index in [1.165, 1.54) is 4.88 Å². The number of aromatic nitrogens is 2. The minimum atomic E-state index is 0.121. The third-order valence-corrected chi connectivity index (χ3v) is 4.61. The predicted molar refractivity (Wildman–Crippen MR) is 85.1 cm³/mol. The quantitative estimate of drug-likeness (QED) is 0.338. The molecule has 0 fully saturated rings. The zero-order valence-electron chi connectivity index (χ0n) is 11.9. The van der Waals surface area contributed by atoms with Gasteiger partial charge in [0, 0.05) is 27.5 Å². The Morgan fingerprint density at radius 2 is 2.19 bits per heavy atom. The summed E-state index contributed by atoms with van der Waals surface area (Å²) in [5, 5.41) is 13.9. The number of nitrogens with zero attached hydrogens (tertiary/aromatic N) is 3. The lowest BCUT2D eigenvalue weighted by molar-refractivity contribution is 0.318. The molecule has 0 bridgehead atoms. The van der Waals surface area contributed by atoms with E-state index < -0.39 is 0 Å². The minimum absolute atomic E-state index is 0.121. The van der Waals surface area contributed by atoms with Crippen LogP contribution in [0.15, 0.2) is 35.6 Å². The van der Waals surface area contributed by atoms with Crippen LogP contribution in [0.3, 0.4) is 0 Å². The first-order chi connectivity index (χ1) is 10.1. The first kappa shape index (κ1) is 13.6. The van der Waals surface area contributed by atoms with Gasteiger partial charge in [0.15, 0.2) is 5.84 Å². The lowest BCUT2D eigenvalue weighted by Crippen LogP contribution is -2.12. The number of nitrogens with two attached hydrogens (primary N) is 1. The van der Waals surface area contributed by atoms with Gasteiger partial charge >= 0.3 is 0 Å². The zero-order valence-corrected chi connectivity index (χ0v) is 12.7. The van der Waals surface area contributed by atoms with E-state index in [2.05, 4.69) is 21.6 Å². The van der Waals surface area contributed by atoms with Gasteiger partial charge in [-0.15, -0.1) is 11.3 Å². The maximum absolute atomic E-state index is 8.74. The number of amidine groups is 1. The lowest BCUT2D eigenvalue weighted by Gasteiger charge is -2.04. The first-order valence-corrected chi connectivity index (χ1v) is 7.40. The second-order valence-corrected chi connectivity index (χ2v) is 6.24. The molecule has 1 aromatic carbocycles. The highest BCUT2D eigenvalue weighted by Crippen LogP contribution is 2.22. The molecule has 0 aliphatic carbocycles. The van der Waals surface area contributed by atoms with Crippen molar-refractivity contribution in [3.05, 3.63) is 51.6 Å². The molecule has 3 rings (SSSR count). The summed E-state index contributed by atoms with van der Waals surface area (Å²) in [5.41, 5.74) is 8.54. The van der Waals surface area contributed by atoms with Gasteiger partial charge in [-0.05, 0) is 38.1 Å². The third kappa shape index (κ3) is 2.50. The van der Waals surface area contributed by atoms with Crippen LogP contribution in [0.2, 0.25) is 0 Å². The van der Waals surface area contributed by atoms with E-state index in [4.69, 9.17) is 10.9 Å². The van der Waals surface area contributed by atoms with Crippen LogP contribution in [0.1, 0.15) is 21.1 Å². The fraction of sp³-hybridized carbons (Fsp3) is 0.200. The number of fused-ring (bicyclic) bond motifs is 1. The van der Waals surface area contributed by atoms with Crippen molar-refractivity contribution >= 4 is 28.1 Å². The van der Waals surface area contributed by atoms with Crippen molar-refractivity contribution in [2.45, 2.75) is 20.4 Å². The summed E-state index contributed by atoms with van der Waals surface area (Å²) >= 11 is 1.73. The number of benzene rings is 1. The zero-order chi connectivity index (χ0) is 15.0. The Labute approximate surface area is 126 Å². The van der Waals surface area contributed by atoms with Crippen molar-refractivity contribution < 1.29 is 5.21 Å². The highest BCUT2D eigenvalue weighted by atomic mass is 32.1. The van der Waals surface area contributed by atoms with E-state index >= 15 is 0 Å². The van der Waals surface area contributed by atoms with Gasteiger partial charge in [0.25, 0.3) is 0 Å². The smallest absolute Gasteiger partial charge is 0.170 e. The Balaban J connectivity index is 1.97. The molecule has 108 valence electrons. The van der Waals surface area contributed by atoms with Crippen molar-refractivity contribution in [1.29, 1.82) is 0 Å². The molecule has 0 aliphatic heterocycles. The van der Waals surface area contributed by atoms with Crippen LogP contribution < -0.4 is 5.73 Å². The molecule has 6 heteroatoms. The number of rotatable bonds is 3. The summed E-state index contributed by atoms with van der Waals surface area (Å²) in [5.74, 6) is 0.121. The number of oxime groups is 1. The fourth-order valence-electron chi connectivity index (χ4n) is 2.31. The highest BCUT2D eigenvalue weighted by molar-refractivity contribution is 7.11. The van der Waals surface area contributed by atoms with Crippen LogP contribution in [0.5, 0.6) is 0 Å². The number of aryl methyl sites for hydroxylation is 2. The van der Waals surface area contributed by atoms with Crippen LogP contribution >= 0.6 is 11.3 Å². The molecule has 0 saturated carbocycles. The molecular formula is C15H16N4OS. The Kier molecular flexibility index (Phi) is 3.39. The predicted octanol–water partition coefficient (Wildman–Crippen LogP) is 2.86. The van der Waals surface area contributed by atoms with Crippen molar-refractivity contribution in [2.24, 2.45) is 10.9 Å². The van der Waals surface area contributed by atoms with Crippen molar-refractivity contribution in [1.82, 2.24) is 9.55 Å². The van der Waals surface area contributed by atoms with E-state index in [9.17, 15) is 0 Å². The molecule has 0 spiro atoms. The first-order valence-electron chi connectivity index (χ1n) is 6.58. The second kappa shape index (κ2) is 5.21. The summed E-state index contributed by atoms with van der Waals surface area (Å²) in [4.78, 5) is 5.84. The van der Waals surface area contributed by atoms with Crippen molar-refractivity contribution in [3.8, 4) is 0 Å². The maximum atomic E-state index is 8.74. The summed E-state index contributed by atoms with van der Waals surface area (Å²) in [6.07, 6.45) is 2.03. The molecule has 2 heterocycles. The van der Waals surface area contributed by atoms with Gasteiger partial charge in [-0.2, -0.15) is 0 Å². The standard InChI is InChI=1S/C15H16N4OS/c1-9-10(2)21-14(17-9)8-19-6-5-11-7-12(15(16)18-20)3-4-13(11)19/h3-7,20H,8H2,1-2H3,(H2,16,18). The van der Waals surface area contributed by atoms with Crippen LogP contribution in [0.4, 0.5) is 0 Å². The summed E-state index contributed by atoms with van der Waals surface area (Å²) in [6.45, 7) is 4.88. The normalized spacial score (nSPS) is 12.2. The van der Waals surface area contributed by atoms with Gasteiger partial charge in [0.2, 0.25) is 0 Å². The Morgan fingerprint density at radius 1 is 1.38 bits per heavy atom. The van der Waals surface area contributed by atoms with Crippen LogP contribution in [-0.4, -0.2) is 20.6 Å². The van der Waals surface area contributed by atoms with Gasteiger partial charge in [-0.3, -0.25) is 0 Å². The van der Waals surface area contributed by atoms with Crippen molar-refractivity contribution in [2.75, 3.05) is 0 Å². The van der Waals surface area contributed by atoms with E-state index in [-0.39, 0.29) is 5.84 Å². The monoisotopic (exact) mass is 300 g/mol. The molecule has 0 unspecified atom stereocenters. The van der Waals surface area contributed by atoms with Crippen LogP contribution in [0.25, 0.3) is 10.9 Å². The number of hydrogen-bond donors (Lipinski definition) is 2. The van der Waals surface area contributed by atoms with E-state index in [1.807, 2.05) is 37.4 Å². The Hall–Kier alpha value is -2.34. The molecule has 0 amide bonds. The fourth-order valence-corrected chi connectivity index (χ4v) is 3.24. The van der Waals surface area contributed by atoms with Crippen LogP contribution in [-0.2, 0) is 6.54 Å². The van der Waals surface area contributed by atoms with E-state index in [0.29, 0.717) is 5.56 Å². The van der Waals surface area contributed by atoms with Gasteiger partial charge in [0.05, 0.1) is 12.2 Å². The van der Waals surface area contributed by atoms with Crippen LogP contribution in [0, 0.1) is 13.8 Å². The van der Waals surface area contributed by atoms with Gasteiger partial charge in [-0.1, -0.05) is 5.16 Å². The molecule has 0 saturated heterocycles. The molecule has 0 atom stereocenters. The van der Waals surface area contributed by atoms with E-state index in [0.717, 1.165) is 28.1 Å². The van der Waals surface area contributed by atoms with E-state index in [1.54, 1.807) is 11.3 Å². The third-order valence-electron chi connectivity index (χ3n) is 3.55. The van der Waals surface area contributed by atoms with Gasteiger partial charge in [0.1, 0.15) is 5.01 Å². The minimum Gasteiger partial charge on any atom is -0.409 e. The molecule has 2 aromatic heterocycles. The number of thiazole rings is 1. The molecule has 3 N–H and O–H groups in total. The molecule has 3 aromatic rings. The van der Waals surface area contributed by atoms with Gasteiger partial charge in [-0.25, -0.2) is 4.98 Å². The largest absolute Gasteiger partial charge is 0.409 e. The maximum Gasteiger partial charge on any atom is 0.170 e. The van der Waals surface area contributed by atoms with Crippen molar-refractivity contribution in [3.63, 3.8) is 0 Å². The summed E-state index contributed by atoms with van der Waals surface area (Å²) in [7, 11) is 0. The molecule has 21 heavy (non-hydrogen) atoms. The molecule has 0 radical (unpaired) electrons. The highest BCUT2D eigenvalue weighted by Gasteiger charge is 2.08. The number of hydrogen-bond acceptors (Lipinski definition) is 4. The SMILES string of the molecule is Cc1nc(Cn2ccc3cc(/C(N)=N/O)ccc32)sc1C. The van der Waals surface area contributed by atoms with Gasteiger partial charge < -0.3 is 15.5 Å².